The lowest BCUT2D eigenvalue weighted by Crippen LogP contribution is -2.11. The van der Waals surface area contributed by atoms with E-state index in [0.717, 1.165) is 35.1 Å². The van der Waals surface area contributed by atoms with Crippen LogP contribution in [0.4, 0.5) is 0 Å². The second kappa shape index (κ2) is 5.03. The maximum absolute atomic E-state index is 12.2. The van der Waals surface area contributed by atoms with Gasteiger partial charge in [-0.05, 0) is 49.4 Å². The number of hydrogen-bond donors (Lipinski definition) is 1. The number of ether oxygens (including phenoxy) is 1. The third-order valence-corrected chi connectivity index (χ3v) is 3.86. The van der Waals surface area contributed by atoms with Gasteiger partial charge in [-0.3, -0.25) is 4.79 Å². The van der Waals surface area contributed by atoms with Crippen molar-refractivity contribution in [2.45, 2.75) is 33.6 Å². The number of rotatable bonds is 4. The molecule has 0 radical (unpaired) electrons. The van der Waals surface area contributed by atoms with Crippen LogP contribution >= 0.6 is 0 Å². The fourth-order valence-electron chi connectivity index (χ4n) is 2.64. The number of carboxylic acid groups (broad SMARTS) is 1. The average Bonchev–Trinajstić information content (AvgIpc) is 2.68. The SMILES string of the molecule is CC[C@@H]1Cc2cc(OCC(=O)O)c(C)c(C)c2C1=O. The van der Waals surface area contributed by atoms with Gasteiger partial charge >= 0.3 is 5.97 Å². The van der Waals surface area contributed by atoms with Crippen molar-refractivity contribution in [3.05, 3.63) is 28.3 Å². The van der Waals surface area contributed by atoms with Crippen molar-refractivity contribution < 1.29 is 19.4 Å². The topological polar surface area (TPSA) is 63.6 Å². The molecule has 0 bridgehead atoms. The molecule has 0 saturated heterocycles. The van der Waals surface area contributed by atoms with Crippen LogP contribution in [0.3, 0.4) is 0 Å². The quantitative estimate of drug-likeness (QED) is 0.905. The van der Waals surface area contributed by atoms with Gasteiger partial charge in [0.2, 0.25) is 0 Å². The highest BCUT2D eigenvalue weighted by Gasteiger charge is 2.32. The smallest absolute Gasteiger partial charge is 0.341 e. The van der Waals surface area contributed by atoms with E-state index in [0.29, 0.717) is 5.75 Å². The molecule has 2 rings (SSSR count). The number of Topliss-reactive ketones (excluding diaryl/α,β-unsaturated/α-hetero) is 1. The zero-order valence-corrected chi connectivity index (χ0v) is 11.4. The molecule has 1 aromatic rings. The van der Waals surface area contributed by atoms with Crippen molar-refractivity contribution in [3.8, 4) is 5.75 Å². The van der Waals surface area contributed by atoms with Crippen LogP contribution in [0.2, 0.25) is 0 Å². The molecule has 1 aliphatic carbocycles. The van der Waals surface area contributed by atoms with E-state index in [1.165, 1.54) is 0 Å². The van der Waals surface area contributed by atoms with E-state index in [1.54, 1.807) is 0 Å². The van der Waals surface area contributed by atoms with Gasteiger partial charge in [-0.15, -0.1) is 0 Å². The van der Waals surface area contributed by atoms with Gasteiger partial charge in [0.1, 0.15) is 5.75 Å². The lowest BCUT2D eigenvalue weighted by atomic mass is 9.97. The summed E-state index contributed by atoms with van der Waals surface area (Å²) in [7, 11) is 0. The van der Waals surface area contributed by atoms with Crippen LogP contribution in [0.15, 0.2) is 6.07 Å². The lowest BCUT2D eigenvalue weighted by Gasteiger charge is -2.13. The Hall–Kier alpha value is -1.84. The molecular weight excluding hydrogens is 244 g/mol. The Balaban J connectivity index is 2.40. The summed E-state index contributed by atoms with van der Waals surface area (Å²) in [5.74, 6) is -0.158. The highest BCUT2D eigenvalue weighted by atomic mass is 16.5. The van der Waals surface area contributed by atoms with Crippen LogP contribution in [0.25, 0.3) is 0 Å². The van der Waals surface area contributed by atoms with Crippen LogP contribution in [0.1, 0.15) is 40.4 Å². The molecule has 1 aromatic carbocycles. The number of carbonyl (C=O) groups is 2. The highest BCUT2D eigenvalue weighted by Crippen LogP contribution is 2.36. The van der Waals surface area contributed by atoms with Gasteiger partial charge in [0.05, 0.1) is 0 Å². The fourth-order valence-corrected chi connectivity index (χ4v) is 2.64. The molecule has 19 heavy (non-hydrogen) atoms. The summed E-state index contributed by atoms with van der Waals surface area (Å²) in [6.07, 6.45) is 1.56. The molecule has 0 aliphatic heterocycles. The van der Waals surface area contributed by atoms with Crippen molar-refractivity contribution in [1.29, 1.82) is 0 Å². The molecule has 0 aromatic heterocycles. The Morgan fingerprint density at radius 3 is 2.68 bits per heavy atom. The van der Waals surface area contributed by atoms with Crippen molar-refractivity contribution in [2.75, 3.05) is 6.61 Å². The Bertz CT molecular complexity index is 546. The zero-order chi connectivity index (χ0) is 14.2. The van der Waals surface area contributed by atoms with Crippen molar-refractivity contribution in [3.63, 3.8) is 0 Å². The fraction of sp³-hybridized carbons (Fsp3) is 0.467. The van der Waals surface area contributed by atoms with Crippen LogP contribution in [-0.4, -0.2) is 23.5 Å². The average molecular weight is 262 g/mol. The molecule has 0 amide bonds. The number of carboxylic acids is 1. The second-order valence-electron chi connectivity index (χ2n) is 5.01. The van der Waals surface area contributed by atoms with Crippen LogP contribution in [-0.2, 0) is 11.2 Å². The van der Waals surface area contributed by atoms with Crippen molar-refractivity contribution >= 4 is 11.8 Å². The third-order valence-electron chi connectivity index (χ3n) is 3.86. The monoisotopic (exact) mass is 262 g/mol. The Kier molecular flexibility index (Phi) is 3.60. The van der Waals surface area contributed by atoms with Gasteiger partial charge in [-0.25, -0.2) is 4.79 Å². The molecule has 1 N–H and O–H groups in total. The summed E-state index contributed by atoms with van der Waals surface area (Å²) in [5.41, 5.74) is 3.57. The largest absolute Gasteiger partial charge is 0.482 e. The molecule has 0 unspecified atom stereocenters. The first-order chi connectivity index (χ1) is 8.95. The number of fused-ring (bicyclic) bond motifs is 1. The number of ketones is 1. The van der Waals surface area contributed by atoms with Gasteiger partial charge in [-0.1, -0.05) is 6.92 Å². The summed E-state index contributed by atoms with van der Waals surface area (Å²) in [6, 6.07) is 1.83. The van der Waals surface area contributed by atoms with E-state index in [4.69, 9.17) is 9.84 Å². The molecule has 4 heteroatoms. The van der Waals surface area contributed by atoms with Gasteiger partial charge in [0.25, 0.3) is 0 Å². The minimum absolute atomic E-state index is 0.0582. The van der Waals surface area contributed by atoms with E-state index in [1.807, 2.05) is 26.8 Å². The molecule has 0 saturated carbocycles. The summed E-state index contributed by atoms with van der Waals surface area (Å²) >= 11 is 0. The Morgan fingerprint density at radius 1 is 1.42 bits per heavy atom. The predicted molar refractivity (Wildman–Crippen MR) is 70.9 cm³/mol. The zero-order valence-electron chi connectivity index (χ0n) is 11.4. The molecule has 0 spiro atoms. The molecule has 0 fully saturated rings. The van der Waals surface area contributed by atoms with Gasteiger partial charge in [0.15, 0.2) is 12.4 Å². The predicted octanol–water partition coefficient (Wildman–Crippen LogP) is 2.53. The molecule has 102 valence electrons. The highest BCUT2D eigenvalue weighted by molar-refractivity contribution is 6.04. The van der Waals surface area contributed by atoms with Crippen LogP contribution in [0, 0.1) is 19.8 Å². The third kappa shape index (κ3) is 2.35. The normalized spacial score (nSPS) is 17.4. The first kappa shape index (κ1) is 13.6. The standard InChI is InChI=1S/C15H18O4/c1-4-10-5-11-6-12(19-7-13(16)17)8(2)9(3)14(11)15(10)18/h6,10H,4-5,7H2,1-3H3,(H,16,17)/t10-/m1/s1. The number of benzene rings is 1. The van der Waals surface area contributed by atoms with E-state index < -0.39 is 5.97 Å². The molecule has 1 aliphatic rings. The van der Waals surface area contributed by atoms with Gasteiger partial charge in [0, 0.05) is 11.5 Å². The summed E-state index contributed by atoms with van der Waals surface area (Å²) in [6.45, 7) is 5.42. The molecule has 0 heterocycles. The van der Waals surface area contributed by atoms with Gasteiger partial charge < -0.3 is 9.84 Å². The van der Waals surface area contributed by atoms with E-state index in [-0.39, 0.29) is 18.3 Å². The van der Waals surface area contributed by atoms with Crippen molar-refractivity contribution in [2.24, 2.45) is 5.92 Å². The minimum Gasteiger partial charge on any atom is -0.482 e. The minimum atomic E-state index is -1.000. The lowest BCUT2D eigenvalue weighted by molar-refractivity contribution is -0.139. The summed E-state index contributed by atoms with van der Waals surface area (Å²) < 4.78 is 5.30. The Labute approximate surface area is 112 Å². The number of carbonyl (C=O) groups excluding carboxylic acids is 1. The number of hydrogen-bond acceptors (Lipinski definition) is 3. The summed E-state index contributed by atoms with van der Waals surface area (Å²) in [4.78, 5) is 22.8. The Morgan fingerprint density at radius 2 is 2.11 bits per heavy atom. The van der Waals surface area contributed by atoms with Crippen LogP contribution in [0.5, 0.6) is 5.75 Å². The van der Waals surface area contributed by atoms with Crippen LogP contribution < -0.4 is 4.74 Å². The van der Waals surface area contributed by atoms with E-state index in [2.05, 4.69) is 0 Å². The number of aliphatic carboxylic acids is 1. The van der Waals surface area contributed by atoms with Crippen molar-refractivity contribution in [1.82, 2.24) is 0 Å². The molecule has 4 nitrogen and oxygen atoms in total. The van der Waals surface area contributed by atoms with E-state index in [9.17, 15) is 9.59 Å². The van der Waals surface area contributed by atoms with E-state index >= 15 is 0 Å². The molecular formula is C15H18O4. The first-order valence-corrected chi connectivity index (χ1v) is 6.47. The molecule has 1 atom stereocenters. The first-order valence-electron chi connectivity index (χ1n) is 6.47. The summed E-state index contributed by atoms with van der Waals surface area (Å²) in [5, 5.41) is 8.67. The maximum atomic E-state index is 12.2. The van der Waals surface area contributed by atoms with Gasteiger partial charge in [-0.2, -0.15) is 0 Å². The second-order valence-corrected chi connectivity index (χ2v) is 5.01. The maximum Gasteiger partial charge on any atom is 0.341 e.